The van der Waals surface area contributed by atoms with Crippen LogP contribution < -0.4 is 14.4 Å². The number of nitrogens with zero attached hydrogens (tertiary/aromatic N) is 3. The minimum atomic E-state index is -0.399. The van der Waals surface area contributed by atoms with Crippen LogP contribution in [0.4, 0.5) is 14.5 Å². The number of anilines is 1. The van der Waals surface area contributed by atoms with Crippen LogP contribution in [0.1, 0.15) is 11.1 Å². The number of fused-ring (bicyclic) bond motifs is 1. The van der Waals surface area contributed by atoms with Crippen molar-refractivity contribution in [1.82, 2.24) is 9.47 Å². The van der Waals surface area contributed by atoms with E-state index < -0.39 is 5.82 Å². The molecule has 0 bridgehead atoms. The van der Waals surface area contributed by atoms with E-state index in [9.17, 15) is 8.78 Å². The van der Waals surface area contributed by atoms with Gasteiger partial charge in [-0.3, -0.25) is 4.90 Å². The largest absolute Gasteiger partial charge is 0.493 e. The topological polar surface area (TPSA) is 29.9 Å². The molecule has 5 nitrogen and oxygen atoms in total. The van der Waals surface area contributed by atoms with Crippen LogP contribution in [0.25, 0.3) is 10.8 Å². The van der Waals surface area contributed by atoms with Crippen molar-refractivity contribution in [2.24, 2.45) is 0 Å². The molecule has 4 aromatic rings. The molecule has 0 unspecified atom stereocenters. The molecule has 3 aromatic carbocycles. The van der Waals surface area contributed by atoms with Gasteiger partial charge in [-0.05, 0) is 42.0 Å². The molecule has 2 heterocycles. The van der Waals surface area contributed by atoms with Crippen molar-refractivity contribution in [2.75, 3.05) is 45.3 Å². The molecule has 0 N–H and O–H groups in total. The number of halogens is 2. The number of ether oxygens (including phenoxy) is 2. The third-order valence-electron chi connectivity index (χ3n) is 6.64. The van der Waals surface area contributed by atoms with E-state index in [0.29, 0.717) is 12.1 Å². The summed E-state index contributed by atoms with van der Waals surface area (Å²) >= 11 is 0. The summed E-state index contributed by atoms with van der Waals surface area (Å²) in [6, 6.07) is 16.0. The Hall–Kier alpha value is -3.58. The maximum atomic E-state index is 14.1. The molecule has 1 aromatic heterocycles. The van der Waals surface area contributed by atoms with E-state index >= 15 is 0 Å². The highest BCUT2D eigenvalue weighted by atomic mass is 19.1. The summed E-state index contributed by atoms with van der Waals surface area (Å²) < 4.78 is 40.6. The van der Waals surface area contributed by atoms with Gasteiger partial charge in [-0.1, -0.05) is 18.2 Å². The van der Waals surface area contributed by atoms with Gasteiger partial charge < -0.3 is 18.9 Å². The van der Waals surface area contributed by atoms with E-state index in [2.05, 4.69) is 45.0 Å². The first-order chi connectivity index (χ1) is 17.0. The van der Waals surface area contributed by atoms with Crippen molar-refractivity contribution in [3.63, 3.8) is 0 Å². The number of methoxy groups -OCH3 is 2. The van der Waals surface area contributed by atoms with Crippen molar-refractivity contribution < 1.29 is 18.3 Å². The quantitative estimate of drug-likeness (QED) is 0.361. The standard InChI is InChI=1S/C28H29F2N3O2/c1-34-27-9-6-20(14-28(27)35-2)16-32-17-21-4-3-5-26(24(21)19-32)33-12-10-31(11-13-33)18-22-15-23(29)7-8-25(22)30/h3-9,14-15,17,19H,10-13,16,18H2,1-2H3. The highest BCUT2D eigenvalue weighted by Gasteiger charge is 2.20. The lowest BCUT2D eigenvalue weighted by molar-refractivity contribution is 0.246. The molecular formula is C28H29F2N3O2. The third kappa shape index (κ3) is 4.95. The van der Waals surface area contributed by atoms with Crippen LogP contribution >= 0.6 is 0 Å². The number of hydrogen-bond donors (Lipinski definition) is 0. The van der Waals surface area contributed by atoms with Crippen molar-refractivity contribution in [3.8, 4) is 11.5 Å². The molecule has 1 saturated heterocycles. The minimum absolute atomic E-state index is 0.352. The van der Waals surface area contributed by atoms with Gasteiger partial charge >= 0.3 is 0 Å². The number of rotatable bonds is 7. The molecule has 1 fully saturated rings. The molecular weight excluding hydrogens is 448 g/mol. The monoisotopic (exact) mass is 477 g/mol. The Bertz CT molecular complexity index is 1330. The molecule has 1 aliphatic rings. The summed E-state index contributed by atoms with van der Waals surface area (Å²) in [5.41, 5.74) is 2.74. The smallest absolute Gasteiger partial charge is 0.161 e. The van der Waals surface area contributed by atoms with E-state index in [-0.39, 0.29) is 5.82 Å². The highest BCUT2D eigenvalue weighted by molar-refractivity contribution is 5.94. The molecule has 35 heavy (non-hydrogen) atoms. The van der Waals surface area contributed by atoms with Gasteiger partial charge in [-0.15, -0.1) is 0 Å². The summed E-state index contributed by atoms with van der Waals surface area (Å²) in [5, 5.41) is 2.39. The van der Waals surface area contributed by atoms with E-state index in [1.165, 1.54) is 28.6 Å². The fourth-order valence-electron chi connectivity index (χ4n) is 4.81. The second kappa shape index (κ2) is 9.96. The molecule has 0 spiro atoms. The molecule has 0 aliphatic carbocycles. The highest BCUT2D eigenvalue weighted by Crippen LogP contribution is 2.31. The lowest BCUT2D eigenvalue weighted by Crippen LogP contribution is -2.46. The second-order valence-corrected chi connectivity index (χ2v) is 8.90. The van der Waals surface area contributed by atoms with E-state index in [1.54, 1.807) is 14.2 Å². The van der Waals surface area contributed by atoms with Crippen LogP contribution in [-0.2, 0) is 13.1 Å². The molecule has 0 atom stereocenters. The molecule has 0 saturated carbocycles. The molecule has 182 valence electrons. The number of aromatic nitrogens is 1. The lowest BCUT2D eigenvalue weighted by atomic mass is 10.1. The third-order valence-corrected chi connectivity index (χ3v) is 6.64. The molecule has 0 amide bonds. The first kappa shape index (κ1) is 23.2. The van der Waals surface area contributed by atoms with Gasteiger partial charge in [0.05, 0.1) is 14.2 Å². The Labute approximate surface area is 204 Å². The summed E-state index contributed by atoms with van der Waals surface area (Å²) in [6.07, 6.45) is 4.36. The fourth-order valence-corrected chi connectivity index (χ4v) is 4.81. The Balaban J connectivity index is 1.30. The Morgan fingerprint density at radius 3 is 2.37 bits per heavy atom. The number of piperazine rings is 1. The zero-order valence-corrected chi connectivity index (χ0v) is 20.0. The summed E-state index contributed by atoms with van der Waals surface area (Å²) in [4.78, 5) is 4.55. The molecule has 5 rings (SSSR count). The average Bonchev–Trinajstić information content (AvgIpc) is 3.29. The summed E-state index contributed by atoms with van der Waals surface area (Å²) in [7, 11) is 3.28. The van der Waals surface area contributed by atoms with E-state index in [4.69, 9.17) is 9.47 Å². The van der Waals surface area contributed by atoms with Gasteiger partial charge in [0.25, 0.3) is 0 Å². The average molecular weight is 478 g/mol. The Morgan fingerprint density at radius 1 is 0.800 bits per heavy atom. The van der Waals surface area contributed by atoms with Gasteiger partial charge in [-0.2, -0.15) is 0 Å². The van der Waals surface area contributed by atoms with E-state index in [1.807, 2.05) is 18.2 Å². The first-order valence-corrected chi connectivity index (χ1v) is 11.7. The summed E-state index contributed by atoms with van der Waals surface area (Å²) in [5.74, 6) is 0.688. The summed E-state index contributed by atoms with van der Waals surface area (Å²) in [6.45, 7) is 4.38. The normalized spacial score (nSPS) is 14.5. The van der Waals surface area contributed by atoms with Crippen LogP contribution in [0, 0.1) is 11.6 Å². The van der Waals surface area contributed by atoms with Crippen LogP contribution in [0.15, 0.2) is 67.0 Å². The fraction of sp³-hybridized carbons (Fsp3) is 0.286. The van der Waals surface area contributed by atoms with Crippen LogP contribution in [0.5, 0.6) is 11.5 Å². The zero-order valence-electron chi connectivity index (χ0n) is 20.0. The predicted octanol–water partition coefficient (Wildman–Crippen LogP) is 5.31. The van der Waals surface area contributed by atoms with Crippen molar-refractivity contribution >= 4 is 16.5 Å². The Kier molecular flexibility index (Phi) is 6.59. The number of hydrogen-bond acceptors (Lipinski definition) is 4. The van der Waals surface area contributed by atoms with Crippen molar-refractivity contribution in [1.29, 1.82) is 0 Å². The molecule has 7 heteroatoms. The van der Waals surface area contributed by atoms with Gasteiger partial charge in [0.15, 0.2) is 11.5 Å². The SMILES string of the molecule is COc1ccc(Cn2cc3cccc(N4CCN(Cc5cc(F)ccc5F)CC4)c3c2)cc1OC. The van der Waals surface area contributed by atoms with Crippen LogP contribution in [0.2, 0.25) is 0 Å². The zero-order chi connectivity index (χ0) is 24.4. The second-order valence-electron chi connectivity index (χ2n) is 8.90. The first-order valence-electron chi connectivity index (χ1n) is 11.7. The maximum Gasteiger partial charge on any atom is 0.161 e. The predicted molar refractivity (Wildman–Crippen MR) is 134 cm³/mol. The lowest BCUT2D eigenvalue weighted by Gasteiger charge is -2.36. The van der Waals surface area contributed by atoms with E-state index in [0.717, 1.165) is 55.9 Å². The maximum absolute atomic E-state index is 14.1. The Morgan fingerprint density at radius 2 is 1.60 bits per heavy atom. The van der Waals surface area contributed by atoms with Crippen LogP contribution in [-0.4, -0.2) is 49.9 Å². The van der Waals surface area contributed by atoms with Gasteiger partial charge in [-0.25, -0.2) is 8.78 Å². The van der Waals surface area contributed by atoms with Gasteiger partial charge in [0, 0.05) is 73.7 Å². The minimum Gasteiger partial charge on any atom is -0.493 e. The molecule has 0 radical (unpaired) electrons. The van der Waals surface area contributed by atoms with Crippen molar-refractivity contribution in [2.45, 2.75) is 13.1 Å². The van der Waals surface area contributed by atoms with Gasteiger partial charge in [0.2, 0.25) is 0 Å². The molecule has 1 aliphatic heterocycles. The van der Waals surface area contributed by atoms with Crippen LogP contribution in [0.3, 0.4) is 0 Å². The van der Waals surface area contributed by atoms with Gasteiger partial charge in [0.1, 0.15) is 11.6 Å². The number of benzene rings is 3. The van der Waals surface area contributed by atoms with Crippen molar-refractivity contribution in [3.05, 3.63) is 89.8 Å².